The Balaban J connectivity index is 1.75. The minimum atomic E-state index is -3.15. The van der Waals surface area contributed by atoms with Crippen LogP contribution in [0, 0.1) is 11.8 Å². The molecular weight excluding hydrogens is 353 g/mol. The molecule has 0 heterocycles. The van der Waals surface area contributed by atoms with Gasteiger partial charge in [0.25, 0.3) is 0 Å². The molecule has 0 amide bonds. The van der Waals surface area contributed by atoms with Crippen LogP contribution in [-0.2, 0) is 21.0 Å². The minimum Gasteiger partial charge on any atom is -0.323 e. The molecule has 1 rings (SSSR count). The van der Waals surface area contributed by atoms with Crippen LogP contribution >= 0.6 is 6.72 Å². The van der Waals surface area contributed by atoms with E-state index in [-0.39, 0.29) is 0 Å². The topological polar surface area (TPSA) is 64.7 Å². The lowest BCUT2D eigenvalue weighted by Crippen LogP contribution is -2.01. The van der Waals surface area contributed by atoms with E-state index in [2.05, 4.69) is 23.4 Å². The third-order valence-electron chi connectivity index (χ3n) is 5.35. The fraction of sp³-hybridized carbons (Fsp3) is 1.00. The summed E-state index contributed by atoms with van der Waals surface area (Å²) in [5.74, 6) is 7.02. The number of unbranched alkanes of at least 4 members (excludes halogenated alkanes) is 10. The summed E-state index contributed by atoms with van der Waals surface area (Å²) in [4.78, 5) is 9.33. The van der Waals surface area contributed by atoms with Gasteiger partial charge < -0.3 is 9.42 Å². The zero-order valence-electron chi connectivity index (χ0n) is 16.2. The first kappa shape index (κ1) is 23.5. The molecule has 0 bridgehead atoms. The van der Waals surface area contributed by atoms with Crippen molar-refractivity contribution in [1.82, 2.24) is 0 Å². The second-order valence-corrected chi connectivity index (χ2v) is 10.4. The molecule has 3 unspecified atom stereocenters. The van der Waals surface area contributed by atoms with Gasteiger partial charge in [-0.3, -0.25) is 0 Å². The summed E-state index contributed by atoms with van der Waals surface area (Å²) in [6.07, 6.45) is 20.3. The molecule has 1 saturated carbocycles. The zero-order valence-corrected chi connectivity index (χ0v) is 17.9. The van der Waals surface area contributed by atoms with Gasteiger partial charge in [-0.1, -0.05) is 90.4 Å². The van der Waals surface area contributed by atoms with Gasteiger partial charge in [0.05, 0.1) is 6.61 Å². The van der Waals surface area contributed by atoms with Crippen molar-refractivity contribution in [1.29, 1.82) is 0 Å². The average Bonchev–Trinajstić information content (AvgIpc) is 3.35. The molecule has 0 aromatic carbocycles. The van der Waals surface area contributed by atoms with Gasteiger partial charge >= 0.3 is 6.72 Å². The van der Waals surface area contributed by atoms with E-state index in [1.165, 1.54) is 83.5 Å². The molecule has 150 valence electrons. The lowest BCUT2D eigenvalue weighted by Gasteiger charge is -2.11. The molecule has 3 atom stereocenters. The van der Waals surface area contributed by atoms with Crippen LogP contribution in [0.2, 0.25) is 0 Å². The molecule has 3 N–H and O–H groups in total. The van der Waals surface area contributed by atoms with Gasteiger partial charge in [0, 0.05) is 0 Å². The van der Waals surface area contributed by atoms with Crippen molar-refractivity contribution in [3.8, 4) is 0 Å². The first-order valence-electron chi connectivity index (χ1n) is 10.4. The fourth-order valence-electron chi connectivity index (χ4n) is 3.63. The molecular formula is C19H40NO3PS. The van der Waals surface area contributed by atoms with Gasteiger partial charge in [0.15, 0.2) is 0 Å². The molecule has 1 aliphatic carbocycles. The number of nitrogens with two attached hydrogens (primary N) is 1. The molecule has 25 heavy (non-hydrogen) atoms. The van der Waals surface area contributed by atoms with E-state index in [0.29, 0.717) is 6.61 Å². The quantitative estimate of drug-likeness (QED) is 0.164. The molecule has 0 aromatic rings. The maximum absolute atomic E-state index is 9.33. The van der Waals surface area contributed by atoms with Gasteiger partial charge in [-0.25, -0.2) is 10.5 Å². The second-order valence-electron chi connectivity index (χ2n) is 7.63. The Morgan fingerprint density at radius 2 is 1.36 bits per heavy atom. The van der Waals surface area contributed by atoms with Crippen molar-refractivity contribution in [3.63, 3.8) is 0 Å². The average molecular weight is 394 g/mol. The standard InChI is InChI=1S/C19H40NO3PS/c1-2-3-4-11-14-18-17-19(18)15-12-9-7-5-6-8-10-13-16-22-24(21,25)23-20/h18-19H,2-17,20H2,1H3,(H,21,25). The van der Waals surface area contributed by atoms with Gasteiger partial charge in [-0.05, 0) is 36.5 Å². The Morgan fingerprint density at radius 1 is 0.880 bits per heavy atom. The molecule has 1 fully saturated rings. The van der Waals surface area contributed by atoms with Crippen molar-refractivity contribution in [2.24, 2.45) is 17.7 Å². The van der Waals surface area contributed by atoms with Crippen LogP contribution in [0.1, 0.15) is 103 Å². The Hall–Kier alpha value is 0.490. The van der Waals surface area contributed by atoms with Gasteiger partial charge in [-0.2, -0.15) is 0 Å². The molecule has 0 spiro atoms. The first-order valence-corrected chi connectivity index (χ1v) is 13.0. The van der Waals surface area contributed by atoms with E-state index in [1.807, 2.05) is 0 Å². The molecule has 0 radical (unpaired) electrons. The molecule has 4 nitrogen and oxygen atoms in total. The number of hydrogen-bond acceptors (Lipinski definition) is 4. The van der Waals surface area contributed by atoms with E-state index in [4.69, 9.17) is 10.4 Å². The van der Waals surface area contributed by atoms with Crippen molar-refractivity contribution in [2.75, 3.05) is 6.61 Å². The SMILES string of the molecule is CCCCCCC1CC1CCCCCCCCCCOP(O)(=S)ON. The van der Waals surface area contributed by atoms with Crippen LogP contribution in [0.25, 0.3) is 0 Å². The number of rotatable bonds is 18. The van der Waals surface area contributed by atoms with Crippen LogP contribution in [0.3, 0.4) is 0 Å². The third-order valence-corrected chi connectivity index (χ3v) is 6.70. The molecule has 1 aliphatic rings. The Bertz CT molecular complexity index is 371. The van der Waals surface area contributed by atoms with E-state index < -0.39 is 6.72 Å². The van der Waals surface area contributed by atoms with Crippen molar-refractivity contribution in [2.45, 2.75) is 103 Å². The highest BCUT2D eigenvalue weighted by atomic mass is 32.5. The Labute approximate surface area is 160 Å². The lowest BCUT2D eigenvalue weighted by atomic mass is 10.0. The van der Waals surface area contributed by atoms with E-state index in [9.17, 15) is 4.89 Å². The maximum Gasteiger partial charge on any atom is 0.341 e. The predicted molar refractivity (Wildman–Crippen MR) is 110 cm³/mol. The largest absolute Gasteiger partial charge is 0.341 e. The lowest BCUT2D eigenvalue weighted by molar-refractivity contribution is 0.196. The van der Waals surface area contributed by atoms with Crippen molar-refractivity contribution >= 4 is 18.5 Å². The normalized spacial score (nSPS) is 22.0. The first-order chi connectivity index (χ1) is 12.1. The Kier molecular flexibility index (Phi) is 13.7. The highest BCUT2D eigenvalue weighted by Gasteiger charge is 2.34. The third kappa shape index (κ3) is 13.3. The van der Waals surface area contributed by atoms with Crippen LogP contribution in [0.5, 0.6) is 0 Å². The molecule has 6 heteroatoms. The summed E-state index contributed by atoms with van der Waals surface area (Å²) in [5, 5.41) is 0. The van der Waals surface area contributed by atoms with Gasteiger partial charge in [0.2, 0.25) is 0 Å². The predicted octanol–water partition coefficient (Wildman–Crippen LogP) is 6.23. The summed E-state index contributed by atoms with van der Waals surface area (Å²) >= 11 is 4.66. The summed E-state index contributed by atoms with van der Waals surface area (Å²) < 4.78 is 9.28. The van der Waals surface area contributed by atoms with Crippen LogP contribution < -0.4 is 5.90 Å². The summed E-state index contributed by atoms with van der Waals surface area (Å²) in [7, 11) is 0. The molecule has 0 saturated heterocycles. The minimum absolute atomic E-state index is 0.436. The smallest absolute Gasteiger partial charge is 0.323 e. The van der Waals surface area contributed by atoms with E-state index in [1.54, 1.807) is 0 Å². The summed E-state index contributed by atoms with van der Waals surface area (Å²) in [5.41, 5.74) is 0. The summed E-state index contributed by atoms with van der Waals surface area (Å²) in [6.45, 7) is -0.430. The summed E-state index contributed by atoms with van der Waals surface area (Å²) in [6, 6.07) is 0. The zero-order chi connectivity index (χ0) is 18.4. The second kappa shape index (κ2) is 14.5. The highest BCUT2D eigenvalue weighted by Crippen LogP contribution is 2.45. The van der Waals surface area contributed by atoms with Gasteiger partial charge in [-0.15, -0.1) is 0 Å². The number of hydrogen-bond donors (Lipinski definition) is 2. The van der Waals surface area contributed by atoms with Crippen LogP contribution in [-0.4, -0.2) is 11.5 Å². The van der Waals surface area contributed by atoms with Crippen LogP contribution in [0.4, 0.5) is 0 Å². The highest BCUT2D eigenvalue weighted by molar-refractivity contribution is 8.07. The molecule has 0 aliphatic heterocycles. The molecule has 0 aromatic heterocycles. The van der Waals surface area contributed by atoms with Crippen LogP contribution in [0.15, 0.2) is 0 Å². The Morgan fingerprint density at radius 3 is 1.88 bits per heavy atom. The maximum atomic E-state index is 9.33. The van der Waals surface area contributed by atoms with E-state index >= 15 is 0 Å². The van der Waals surface area contributed by atoms with Gasteiger partial charge in [0.1, 0.15) is 0 Å². The van der Waals surface area contributed by atoms with Crippen molar-refractivity contribution in [3.05, 3.63) is 0 Å². The monoisotopic (exact) mass is 393 g/mol. The van der Waals surface area contributed by atoms with E-state index in [0.717, 1.165) is 24.7 Å². The fourth-order valence-corrected chi connectivity index (χ4v) is 4.27. The van der Waals surface area contributed by atoms with Crippen molar-refractivity contribution < 1.29 is 14.0 Å².